The maximum atomic E-state index is 12.4. The number of methoxy groups -OCH3 is 2. The van der Waals surface area contributed by atoms with E-state index in [1.165, 1.54) is 0 Å². The van der Waals surface area contributed by atoms with Gasteiger partial charge in [-0.2, -0.15) is 0 Å². The number of aliphatic hydroxyl groups is 5. The SMILES string of the molecule is COc1ccc(C(OC[C@@H](O)[C@H](O)[C@H](O)[C@@H](O)C(O)CCOCCOCCNC(=O)OCC2c3ccccc3-c3ccccc32)(c2ccccc2)c2ccc(OC)cc2)cc1. The highest BCUT2D eigenvalue weighted by Crippen LogP contribution is 2.45. The van der Waals surface area contributed by atoms with E-state index in [-0.39, 0.29) is 51.9 Å². The minimum absolute atomic E-state index is 0.0113. The number of hydrogen-bond donors (Lipinski definition) is 6. The maximum Gasteiger partial charge on any atom is 0.407 e. The Morgan fingerprint density at radius 1 is 0.590 bits per heavy atom. The van der Waals surface area contributed by atoms with Crippen molar-refractivity contribution < 1.29 is 58.7 Å². The van der Waals surface area contributed by atoms with Crippen LogP contribution in [0.2, 0.25) is 0 Å². The average Bonchev–Trinajstić information content (AvgIpc) is 3.63. The molecule has 5 atom stereocenters. The number of alkyl carbamates (subject to hydrolysis) is 1. The minimum Gasteiger partial charge on any atom is -0.497 e. The van der Waals surface area contributed by atoms with E-state index in [0.29, 0.717) is 22.6 Å². The van der Waals surface area contributed by atoms with Crippen molar-refractivity contribution in [1.29, 1.82) is 0 Å². The first-order valence-corrected chi connectivity index (χ1v) is 20.3. The van der Waals surface area contributed by atoms with Gasteiger partial charge in [-0.3, -0.25) is 0 Å². The number of amides is 1. The summed E-state index contributed by atoms with van der Waals surface area (Å²) >= 11 is 0. The van der Waals surface area contributed by atoms with Crippen molar-refractivity contribution in [2.24, 2.45) is 0 Å². The zero-order valence-electron chi connectivity index (χ0n) is 34.3. The molecule has 1 amide bonds. The van der Waals surface area contributed by atoms with E-state index in [2.05, 4.69) is 29.6 Å². The number of hydrogen-bond acceptors (Lipinski definition) is 12. The second-order valence-electron chi connectivity index (χ2n) is 14.7. The van der Waals surface area contributed by atoms with Gasteiger partial charge < -0.3 is 59.3 Å². The molecule has 324 valence electrons. The molecule has 0 saturated carbocycles. The van der Waals surface area contributed by atoms with E-state index in [1.54, 1.807) is 38.5 Å². The van der Waals surface area contributed by atoms with E-state index >= 15 is 0 Å². The molecule has 0 heterocycles. The Hall–Kier alpha value is -5.35. The third-order valence-electron chi connectivity index (χ3n) is 10.9. The lowest BCUT2D eigenvalue weighted by atomic mass is 9.80. The van der Waals surface area contributed by atoms with Crippen molar-refractivity contribution in [3.8, 4) is 22.6 Å². The molecule has 0 aliphatic heterocycles. The van der Waals surface area contributed by atoms with Gasteiger partial charge in [0.15, 0.2) is 0 Å². The van der Waals surface area contributed by atoms with Gasteiger partial charge in [-0.25, -0.2) is 4.79 Å². The van der Waals surface area contributed by atoms with Gasteiger partial charge in [0.2, 0.25) is 0 Å². The van der Waals surface area contributed by atoms with Crippen LogP contribution in [0.4, 0.5) is 4.79 Å². The van der Waals surface area contributed by atoms with Crippen LogP contribution in [0, 0.1) is 0 Å². The molecule has 0 saturated heterocycles. The number of benzene rings is 5. The fourth-order valence-electron chi connectivity index (χ4n) is 7.61. The third-order valence-corrected chi connectivity index (χ3v) is 10.9. The van der Waals surface area contributed by atoms with Crippen molar-refractivity contribution >= 4 is 6.09 Å². The summed E-state index contributed by atoms with van der Waals surface area (Å²) in [5.41, 5.74) is 5.38. The van der Waals surface area contributed by atoms with Crippen molar-refractivity contribution in [1.82, 2.24) is 5.32 Å². The molecule has 5 aromatic carbocycles. The largest absolute Gasteiger partial charge is 0.497 e. The molecule has 0 aromatic heterocycles. The van der Waals surface area contributed by atoms with E-state index in [9.17, 15) is 30.3 Å². The molecule has 6 N–H and O–H groups in total. The number of ether oxygens (including phenoxy) is 6. The second kappa shape index (κ2) is 22.0. The van der Waals surface area contributed by atoms with Crippen molar-refractivity contribution in [3.05, 3.63) is 155 Å². The topological polar surface area (TPSA) is 186 Å². The van der Waals surface area contributed by atoms with E-state index in [1.807, 2.05) is 78.9 Å². The van der Waals surface area contributed by atoms with Crippen molar-refractivity contribution in [3.63, 3.8) is 0 Å². The number of aliphatic hydroxyl groups excluding tert-OH is 5. The number of carbonyl (C=O) groups is 1. The summed E-state index contributed by atoms with van der Waals surface area (Å²) in [5, 5.41) is 57.0. The zero-order valence-corrected chi connectivity index (χ0v) is 34.3. The van der Waals surface area contributed by atoms with Gasteiger partial charge in [-0.05, 0) is 69.6 Å². The standard InChI is InChI=1S/C48H55NO12/c1-56-35-20-16-33(17-21-35)48(32-10-4-3-5-11-32,34-18-22-36(57-2)23-19-34)61-31-43(51)45(53)46(54)44(52)42(50)24-26-58-28-29-59-27-25-49-47(55)60-30-41-39-14-8-6-12-37(39)38-13-7-9-15-40(38)41/h3-23,41-46,50-54H,24-31H2,1-2H3,(H,49,55)/t42?,43-,44+,45+,46-/m1/s1. The van der Waals surface area contributed by atoms with Gasteiger partial charge in [0, 0.05) is 19.1 Å². The molecule has 1 unspecified atom stereocenters. The van der Waals surface area contributed by atoms with Crippen LogP contribution in [-0.4, -0.2) is 123 Å². The quantitative estimate of drug-likeness (QED) is 0.0392. The molecule has 1 aliphatic rings. The highest BCUT2D eigenvalue weighted by atomic mass is 16.6. The summed E-state index contributed by atoms with van der Waals surface area (Å²) in [7, 11) is 3.13. The molecule has 0 bridgehead atoms. The molecule has 1 aliphatic carbocycles. The van der Waals surface area contributed by atoms with Crippen LogP contribution in [0.15, 0.2) is 127 Å². The minimum atomic E-state index is -1.92. The molecule has 0 spiro atoms. The smallest absolute Gasteiger partial charge is 0.407 e. The molecular formula is C48H55NO12. The molecule has 13 heteroatoms. The Kier molecular flexibility index (Phi) is 16.3. The highest BCUT2D eigenvalue weighted by molar-refractivity contribution is 5.79. The van der Waals surface area contributed by atoms with Gasteiger partial charge in [0.1, 0.15) is 48.1 Å². The second-order valence-corrected chi connectivity index (χ2v) is 14.7. The van der Waals surface area contributed by atoms with Crippen molar-refractivity contribution in [2.75, 3.05) is 60.4 Å². The predicted molar refractivity (Wildman–Crippen MR) is 228 cm³/mol. The summed E-state index contributed by atoms with van der Waals surface area (Å²) in [4.78, 5) is 12.4. The Balaban J connectivity index is 0.919. The summed E-state index contributed by atoms with van der Waals surface area (Å²) in [6.45, 7) is 0.575. The molecule has 0 fully saturated rings. The summed E-state index contributed by atoms with van der Waals surface area (Å²) in [6, 6.07) is 40.1. The van der Waals surface area contributed by atoms with Gasteiger partial charge in [0.25, 0.3) is 0 Å². The maximum absolute atomic E-state index is 12.4. The van der Waals surface area contributed by atoms with Gasteiger partial charge >= 0.3 is 6.09 Å². The number of fused-ring (bicyclic) bond motifs is 3. The molecule has 61 heavy (non-hydrogen) atoms. The number of rotatable bonds is 23. The fourth-order valence-corrected chi connectivity index (χ4v) is 7.61. The van der Waals surface area contributed by atoms with Crippen LogP contribution < -0.4 is 14.8 Å². The lowest BCUT2D eigenvalue weighted by molar-refractivity contribution is -0.154. The summed E-state index contributed by atoms with van der Waals surface area (Å²) in [5.74, 6) is 1.22. The van der Waals surface area contributed by atoms with E-state index in [4.69, 9.17) is 28.4 Å². The Bertz CT molecular complexity index is 2010. The fraction of sp³-hybridized carbons (Fsp3) is 0.354. The zero-order chi connectivity index (χ0) is 43.2. The van der Waals surface area contributed by atoms with Crippen LogP contribution in [0.5, 0.6) is 11.5 Å². The average molecular weight is 838 g/mol. The van der Waals surface area contributed by atoms with Crippen molar-refractivity contribution in [2.45, 2.75) is 48.5 Å². The number of nitrogens with one attached hydrogen (secondary N) is 1. The predicted octanol–water partition coefficient (Wildman–Crippen LogP) is 4.78. The van der Waals surface area contributed by atoms with Gasteiger partial charge in [0.05, 0.1) is 46.8 Å². The summed E-state index contributed by atoms with van der Waals surface area (Å²) in [6.07, 6.45) is -9.40. The van der Waals surface area contributed by atoms with E-state index < -0.39 is 48.8 Å². The molecule has 0 radical (unpaired) electrons. The van der Waals surface area contributed by atoms with Crippen LogP contribution in [0.25, 0.3) is 11.1 Å². The van der Waals surface area contributed by atoms with Gasteiger partial charge in [-0.1, -0.05) is 103 Å². The van der Waals surface area contributed by atoms with Crippen LogP contribution >= 0.6 is 0 Å². The molecular weight excluding hydrogens is 783 g/mol. The lowest BCUT2D eigenvalue weighted by Gasteiger charge is -2.37. The Morgan fingerprint density at radius 3 is 1.64 bits per heavy atom. The number of carbonyl (C=O) groups excluding carboxylic acids is 1. The first-order chi connectivity index (χ1) is 29.7. The van der Waals surface area contributed by atoms with Crippen LogP contribution in [0.1, 0.15) is 40.2 Å². The first-order valence-electron chi connectivity index (χ1n) is 20.3. The summed E-state index contributed by atoms with van der Waals surface area (Å²) < 4.78 is 33.9. The molecule has 5 aromatic rings. The Morgan fingerprint density at radius 2 is 1.08 bits per heavy atom. The van der Waals surface area contributed by atoms with E-state index in [0.717, 1.165) is 27.8 Å². The lowest BCUT2D eigenvalue weighted by Crippen LogP contribution is -2.51. The first kappa shape index (κ1) is 45.2. The normalized spacial score (nSPS) is 14.9. The monoisotopic (exact) mass is 837 g/mol. The van der Waals surface area contributed by atoms with Gasteiger partial charge in [-0.15, -0.1) is 0 Å². The Labute approximate surface area is 356 Å². The molecule has 13 nitrogen and oxygen atoms in total. The van der Waals surface area contributed by atoms with Crippen LogP contribution in [0.3, 0.4) is 0 Å². The highest BCUT2D eigenvalue weighted by Gasteiger charge is 2.41. The third kappa shape index (κ3) is 10.9. The van der Waals surface area contributed by atoms with Crippen LogP contribution in [-0.2, 0) is 24.5 Å². The molecule has 6 rings (SSSR count).